The van der Waals surface area contributed by atoms with E-state index in [4.69, 9.17) is 21.6 Å². The number of para-hydroxylation sites is 1. The molecule has 100 valence electrons. The van der Waals surface area contributed by atoms with Crippen molar-refractivity contribution in [2.24, 2.45) is 0 Å². The average molecular weight is 293 g/mol. The number of halogens is 2. The first-order valence-electron chi connectivity index (χ1n) is 5.33. The Morgan fingerprint density at radius 1 is 1.35 bits per heavy atom. The summed E-state index contributed by atoms with van der Waals surface area (Å²) in [4.78, 5) is 10.2. The third kappa shape index (κ3) is 2.68. The van der Waals surface area contributed by atoms with E-state index in [0.717, 1.165) is 6.07 Å². The Kier molecular flexibility index (Phi) is 3.82. The molecule has 0 aromatic heterocycles. The quantitative estimate of drug-likeness (QED) is 0.631. The number of nitro benzene ring substituents is 1. The average Bonchev–Trinajstić information content (AvgIpc) is 2.42. The molecule has 0 aliphatic carbocycles. The predicted molar refractivity (Wildman–Crippen MR) is 69.3 cm³/mol. The molecule has 0 atom stereocenters. The van der Waals surface area contributed by atoms with Crippen molar-refractivity contribution >= 4 is 17.3 Å². The number of nitriles is 1. The second kappa shape index (κ2) is 5.55. The predicted octanol–water partition coefficient (Wildman–Crippen LogP) is 4.05. The SMILES string of the molecule is N#Cc1ccc(Oc2c(Cl)cccc2[N+](=O)[O-])c(F)c1. The summed E-state index contributed by atoms with van der Waals surface area (Å²) in [7, 11) is 0. The second-order valence-corrected chi connectivity index (χ2v) is 4.11. The van der Waals surface area contributed by atoms with Crippen molar-refractivity contribution in [1.29, 1.82) is 5.26 Å². The summed E-state index contributed by atoms with van der Waals surface area (Å²) in [5.74, 6) is -1.30. The lowest BCUT2D eigenvalue weighted by molar-refractivity contribution is -0.385. The Hall–Kier alpha value is -2.65. The van der Waals surface area contributed by atoms with E-state index in [-0.39, 0.29) is 27.8 Å². The van der Waals surface area contributed by atoms with Crippen molar-refractivity contribution in [3.05, 3.63) is 62.9 Å². The Morgan fingerprint density at radius 3 is 2.70 bits per heavy atom. The third-order valence-corrected chi connectivity index (χ3v) is 2.71. The van der Waals surface area contributed by atoms with Crippen LogP contribution in [0.2, 0.25) is 5.02 Å². The standard InChI is InChI=1S/C13H6ClFN2O3/c14-9-2-1-3-11(17(18)19)13(9)20-12-5-4-8(7-16)6-10(12)15/h1-6H. The zero-order chi connectivity index (χ0) is 14.7. The van der Waals surface area contributed by atoms with Gasteiger partial charge in [-0.2, -0.15) is 5.26 Å². The Bertz CT molecular complexity index is 728. The zero-order valence-corrected chi connectivity index (χ0v) is 10.6. The third-order valence-electron chi connectivity index (χ3n) is 2.42. The molecule has 20 heavy (non-hydrogen) atoms. The molecule has 0 heterocycles. The van der Waals surface area contributed by atoms with E-state index >= 15 is 0 Å². The van der Waals surface area contributed by atoms with Gasteiger partial charge in [0.2, 0.25) is 5.75 Å². The fourth-order valence-electron chi connectivity index (χ4n) is 1.51. The first kappa shape index (κ1) is 13.8. The van der Waals surface area contributed by atoms with Crippen molar-refractivity contribution in [1.82, 2.24) is 0 Å². The number of ether oxygens (including phenoxy) is 1. The largest absolute Gasteiger partial charge is 0.445 e. The van der Waals surface area contributed by atoms with Crippen LogP contribution < -0.4 is 4.74 Å². The van der Waals surface area contributed by atoms with Gasteiger partial charge in [-0.25, -0.2) is 4.39 Å². The van der Waals surface area contributed by atoms with E-state index in [2.05, 4.69) is 0 Å². The molecule has 0 aliphatic heterocycles. The van der Waals surface area contributed by atoms with Gasteiger partial charge in [-0.05, 0) is 24.3 Å². The second-order valence-electron chi connectivity index (χ2n) is 3.70. The summed E-state index contributed by atoms with van der Waals surface area (Å²) in [5.41, 5.74) is -0.259. The molecule has 0 aliphatic rings. The Balaban J connectivity index is 2.45. The first-order chi connectivity index (χ1) is 9.52. The molecule has 0 saturated carbocycles. The molecule has 0 bridgehead atoms. The number of hydrogen-bond donors (Lipinski definition) is 0. The van der Waals surface area contributed by atoms with E-state index in [1.54, 1.807) is 6.07 Å². The number of nitro groups is 1. The van der Waals surface area contributed by atoms with Crippen LogP contribution in [0.25, 0.3) is 0 Å². The molecule has 2 aromatic carbocycles. The lowest BCUT2D eigenvalue weighted by atomic mass is 10.2. The summed E-state index contributed by atoms with van der Waals surface area (Å²) < 4.78 is 18.9. The van der Waals surface area contributed by atoms with E-state index in [0.29, 0.717) is 0 Å². The molecule has 2 rings (SSSR count). The van der Waals surface area contributed by atoms with Gasteiger partial charge < -0.3 is 4.74 Å². The number of rotatable bonds is 3. The summed E-state index contributed by atoms with van der Waals surface area (Å²) in [5, 5.41) is 19.5. The van der Waals surface area contributed by atoms with Gasteiger partial charge in [0.05, 0.1) is 21.6 Å². The maximum Gasteiger partial charge on any atom is 0.313 e. The van der Waals surface area contributed by atoms with Gasteiger partial charge in [0, 0.05) is 6.07 Å². The monoisotopic (exact) mass is 292 g/mol. The van der Waals surface area contributed by atoms with Crippen LogP contribution in [-0.4, -0.2) is 4.92 Å². The van der Waals surface area contributed by atoms with E-state index in [1.807, 2.05) is 0 Å². The fourth-order valence-corrected chi connectivity index (χ4v) is 1.71. The van der Waals surface area contributed by atoms with Crippen LogP contribution in [-0.2, 0) is 0 Å². The highest BCUT2D eigenvalue weighted by Gasteiger charge is 2.20. The molecular formula is C13H6ClFN2O3. The summed E-state index contributed by atoms with van der Waals surface area (Å²) in [6.07, 6.45) is 0. The zero-order valence-electron chi connectivity index (χ0n) is 9.84. The highest BCUT2D eigenvalue weighted by molar-refractivity contribution is 6.32. The first-order valence-corrected chi connectivity index (χ1v) is 5.71. The van der Waals surface area contributed by atoms with Gasteiger partial charge in [0.1, 0.15) is 0 Å². The summed E-state index contributed by atoms with van der Waals surface area (Å²) >= 11 is 5.83. The van der Waals surface area contributed by atoms with Gasteiger partial charge in [0.15, 0.2) is 11.6 Å². The summed E-state index contributed by atoms with van der Waals surface area (Å²) in [6.45, 7) is 0. The molecule has 0 spiro atoms. The van der Waals surface area contributed by atoms with Gasteiger partial charge in [-0.15, -0.1) is 0 Å². The van der Waals surface area contributed by atoms with Crippen LogP contribution in [0, 0.1) is 27.3 Å². The molecule has 0 unspecified atom stereocenters. The molecular weight excluding hydrogens is 287 g/mol. The van der Waals surface area contributed by atoms with Crippen LogP contribution in [0.3, 0.4) is 0 Å². The van der Waals surface area contributed by atoms with Crippen LogP contribution in [0.15, 0.2) is 36.4 Å². The van der Waals surface area contributed by atoms with Gasteiger partial charge in [-0.3, -0.25) is 10.1 Å². The molecule has 0 radical (unpaired) electrons. The maximum absolute atomic E-state index is 13.7. The summed E-state index contributed by atoms with van der Waals surface area (Å²) in [6, 6.07) is 9.27. The van der Waals surface area contributed by atoms with Gasteiger partial charge in [0.25, 0.3) is 0 Å². The maximum atomic E-state index is 13.7. The lowest BCUT2D eigenvalue weighted by Crippen LogP contribution is -1.95. The molecule has 0 amide bonds. The minimum atomic E-state index is -0.807. The molecule has 2 aromatic rings. The lowest BCUT2D eigenvalue weighted by Gasteiger charge is -2.08. The van der Waals surface area contributed by atoms with E-state index in [9.17, 15) is 14.5 Å². The highest BCUT2D eigenvalue weighted by atomic mass is 35.5. The number of hydrogen-bond acceptors (Lipinski definition) is 4. The van der Waals surface area contributed by atoms with Crippen LogP contribution in [0.1, 0.15) is 5.56 Å². The van der Waals surface area contributed by atoms with Gasteiger partial charge in [-0.1, -0.05) is 17.7 Å². The molecule has 0 N–H and O–H groups in total. The van der Waals surface area contributed by atoms with Crippen molar-refractivity contribution in [3.63, 3.8) is 0 Å². The molecule has 5 nitrogen and oxygen atoms in total. The number of nitrogens with zero attached hydrogens (tertiary/aromatic N) is 2. The van der Waals surface area contributed by atoms with Crippen molar-refractivity contribution in [2.75, 3.05) is 0 Å². The topological polar surface area (TPSA) is 76.2 Å². The van der Waals surface area contributed by atoms with Crippen LogP contribution in [0.4, 0.5) is 10.1 Å². The normalized spacial score (nSPS) is 9.85. The van der Waals surface area contributed by atoms with Crippen molar-refractivity contribution in [2.45, 2.75) is 0 Å². The minimum absolute atomic E-state index is 0.0111. The Labute approximate surface area is 117 Å². The molecule has 0 saturated heterocycles. The minimum Gasteiger partial charge on any atom is -0.445 e. The van der Waals surface area contributed by atoms with Crippen molar-refractivity contribution in [3.8, 4) is 17.6 Å². The highest BCUT2D eigenvalue weighted by Crippen LogP contribution is 2.38. The van der Waals surface area contributed by atoms with Crippen molar-refractivity contribution < 1.29 is 14.1 Å². The van der Waals surface area contributed by atoms with Gasteiger partial charge >= 0.3 is 5.69 Å². The van der Waals surface area contributed by atoms with E-state index in [1.165, 1.54) is 30.3 Å². The Morgan fingerprint density at radius 2 is 2.10 bits per heavy atom. The number of benzene rings is 2. The van der Waals surface area contributed by atoms with E-state index < -0.39 is 10.7 Å². The molecule has 7 heteroatoms. The van der Waals surface area contributed by atoms with Crippen LogP contribution in [0.5, 0.6) is 11.5 Å². The molecule has 0 fully saturated rings. The van der Waals surface area contributed by atoms with Crippen LogP contribution >= 0.6 is 11.6 Å². The fraction of sp³-hybridized carbons (Fsp3) is 0. The smallest absolute Gasteiger partial charge is 0.313 e.